The van der Waals surface area contributed by atoms with E-state index in [0.717, 1.165) is 12.0 Å². The number of hydrogen-bond donors (Lipinski definition) is 2. The van der Waals surface area contributed by atoms with Crippen molar-refractivity contribution in [1.29, 1.82) is 0 Å². The van der Waals surface area contributed by atoms with Crippen LogP contribution in [0.2, 0.25) is 0 Å². The van der Waals surface area contributed by atoms with Crippen molar-refractivity contribution in [3.8, 4) is 0 Å². The van der Waals surface area contributed by atoms with Crippen LogP contribution >= 0.6 is 0 Å². The molecule has 0 aromatic carbocycles. The van der Waals surface area contributed by atoms with Gasteiger partial charge in [-0.3, -0.25) is 0 Å². The first-order valence-corrected chi connectivity index (χ1v) is 5.39. The van der Waals surface area contributed by atoms with Crippen molar-refractivity contribution >= 4 is 0 Å². The molecule has 1 saturated carbocycles. The zero-order chi connectivity index (χ0) is 8.23. The molecule has 2 rings (SSSR count). The molecule has 1 aliphatic carbocycles. The molecule has 1 atom stereocenters. The third-order valence-corrected chi connectivity index (χ3v) is 2.93. The Bertz CT molecular complexity index is 126. The van der Waals surface area contributed by atoms with Gasteiger partial charge in [0.15, 0.2) is 0 Å². The van der Waals surface area contributed by atoms with Gasteiger partial charge in [0.25, 0.3) is 0 Å². The zero-order valence-electron chi connectivity index (χ0n) is 7.81. The van der Waals surface area contributed by atoms with E-state index in [1.54, 1.807) is 0 Å². The number of nitrogens with one attached hydrogen (secondary N) is 2. The minimum atomic E-state index is 0.762. The zero-order valence-corrected chi connectivity index (χ0v) is 7.81. The summed E-state index contributed by atoms with van der Waals surface area (Å²) in [6.07, 6.45) is 7.09. The lowest BCUT2D eigenvalue weighted by Gasteiger charge is -2.23. The summed E-state index contributed by atoms with van der Waals surface area (Å²) in [7, 11) is 0. The molecule has 1 saturated heterocycles. The van der Waals surface area contributed by atoms with E-state index in [0.29, 0.717) is 0 Å². The molecule has 2 nitrogen and oxygen atoms in total. The van der Waals surface area contributed by atoms with Gasteiger partial charge in [0.05, 0.1) is 0 Å². The van der Waals surface area contributed by atoms with Crippen LogP contribution in [-0.4, -0.2) is 25.7 Å². The minimum Gasteiger partial charge on any atom is -0.315 e. The monoisotopic (exact) mass is 168 g/mol. The van der Waals surface area contributed by atoms with E-state index in [2.05, 4.69) is 10.6 Å². The Balaban J connectivity index is 1.52. The van der Waals surface area contributed by atoms with Gasteiger partial charge < -0.3 is 10.6 Å². The van der Waals surface area contributed by atoms with Gasteiger partial charge in [-0.1, -0.05) is 6.42 Å². The average molecular weight is 168 g/mol. The Morgan fingerprint density at radius 3 is 2.67 bits per heavy atom. The van der Waals surface area contributed by atoms with E-state index >= 15 is 0 Å². The molecule has 2 heteroatoms. The van der Waals surface area contributed by atoms with Crippen molar-refractivity contribution < 1.29 is 0 Å². The lowest BCUT2D eigenvalue weighted by Crippen LogP contribution is -2.42. The summed E-state index contributed by atoms with van der Waals surface area (Å²) in [4.78, 5) is 0. The fraction of sp³-hybridized carbons (Fsp3) is 1.00. The van der Waals surface area contributed by atoms with Crippen molar-refractivity contribution in [2.24, 2.45) is 5.92 Å². The maximum absolute atomic E-state index is 3.55. The SMILES string of the molecule is C1CCC(CNCC2CC2)NC1. The van der Waals surface area contributed by atoms with Gasteiger partial charge in [0.1, 0.15) is 0 Å². The maximum Gasteiger partial charge on any atom is 0.0192 e. The topological polar surface area (TPSA) is 24.1 Å². The van der Waals surface area contributed by atoms with E-state index in [4.69, 9.17) is 0 Å². The molecule has 1 aliphatic heterocycles. The first-order chi connectivity index (χ1) is 5.95. The van der Waals surface area contributed by atoms with Crippen LogP contribution in [0.25, 0.3) is 0 Å². The van der Waals surface area contributed by atoms with Crippen molar-refractivity contribution in [1.82, 2.24) is 10.6 Å². The molecular formula is C10H20N2. The molecule has 0 spiro atoms. The van der Waals surface area contributed by atoms with E-state index in [1.807, 2.05) is 0 Å². The quantitative estimate of drug-likeness (QED) is 0.657. The molecular weight excluding hydrogens is 148 g/mol. The molecule has 1 heterocycles. The van der Waals surface area contributed by atoms with Crippen molar-refractivity contribution in [2.45, 2.75) is 38.1 Å². The fourth-order valence-electron chi connectivity index (χ4n) is 1.88. The molecule has 0 bridgehead atoms. The molecule has 1 unspecified atom stereocenters. The smallest absolute Gasteiger partial charge is 0.0192 e. The van der Waals surface area contributed by atoms with Gasteiger partial charge in [0.2, 0.25) is 0 Å². The predicted molar refractivity (Wildman–Crippen MR) is 51.2 cm³/mol. The predicted octanol–water partition coefficient (Wildman–Crippen LogP) is 1.13. The van der Waals surface area contributed by atoms with Crippen LogP contribution in [0.1, 0.15) is 32.1 Å². The highest BCUT2D eigenvalue weighted by Crippen LogP contribution is 2.27. The van der Waals surface area contributed by atoms with Crippen molar-refractivity contribution in [3.05, 3.63) is 0 Å². The summed E-state index contributed by atoms with van der Waals surface area (Å²) >= 11 is 0. The van der Waals surface area contributed by atoms with Gasteiger partial charge in [0, 0.05) is 12.6 Å². The minimum absolute atomic E-state index is 0.762. The highest BCUT2D eigenvalue weighted by atomic mass is 15.0. The first kappa shape index (κ1) is 8.52. The molecule has 2 N–H and O–H groups in total. The van der Waals surface area contributed by atoms with Gasteiger partial charge in [-0.05, 0) is 44.7 Å². The van der Waals surface area contributed by atoms with Crippen molar-refractivity contribution in [2.75, 3.05) is 19.6 Å². The average Bonchev–Trinajstić information content (AvgIpc) is 2.90. The van der Waals surface area contributed by atoms with Crippen LogP contribution in [-0.2, 0) is 0 Å². The summed E-state index contributed by atoms with van der Waals surface area (Å²) in [6.45, 7) is 3.68. The maximum atomic E-state index is 3.55. The van der Waals surface area contributed by atoms with E-state index in [-0.39, 0.29) is 0 Å². The van der Waals surface area contributed by atoms with E-state index in [1.165, 1.54) is 51.7 Å². The highest BCUT2D eigenvalue weighted by molar-refractivity contribution is 4.78. The highest BCUT2D eigenvalue weighted by Gasteiger charge is 2.21. The third kappa shape index (κ3) is 2.76. The Kier molecular flexibility index (Phi) is 3.01. The first-order valence-electron chi connectivity index (χ1n) is 5.39. The van der Waals surface area contributed by atoms with Gasteiger partial charge in [-0.25, -0.2) is 0 Å². The molecule has 0 aromatic rings. The summed E-state index contributed by atoms with van der Waals surface area (Å²) in [5.74, 6) is 1.02. The van der Waals surface area contributed by atoms with Crippen molar-refractivity contribution in [3.63, 3.8) is 0 Å². The second-order valence-electron chi connectivity index (χ2n) is 4.25. The Morgan fingerprint density at radius 1 is 1.08 bits per heavy atom. The molecule has 0 aromatic heterocycles. The van der Waals surface area contributed by atoms with Crippen LogP contribution in [0.3, 0.4) is 0 Å². The summed E-state index contributed by atoms with van der Waals surface area (Å²) < 4.78 is 0. The normalized spacial score (nSPS) is 30.5. The molecule has 0 radical (unpaired) electrons. The second-order valence-corrected chi connectivity index (χ2v) is 4.25. The molecule has 2 aliphatic rings. The standard InChI is InChI=1S/C10H20N2/c1-2-6-12-10(3-1)8-11-7-9-4-5-9/h9-12H,1-8H2. The number of hydrogen-bond acceptors (Lipinski definition) is 2. The number of piperidine rings is 1. The van der Waals surface area contributed by atoms with Crippen LogP contribution in [0.15, 0.2) is 0 Å². The molecule has 70 valence electrons. The Morgan fingerprint density at radius 2 is 2.00 bits per heavy atom. The van der Waals surface area contributed by atoms with Crippen LogP contribution < -0.4 is 10.6 Å². The third-order valence-electron chi connectivity index (χ3n) is 2.93. The lowest BCUT2D eigenvalue weighted by atomic mass is 10.1. The molecule has 0 amide bonds. The largest absolute Gasteiger partial charge is 0.315 e. The fourth-order valence-corrected chi connectivity index (χ4v) is 1.88. The van der Waals surface area contributed by atoms with Gasteiger partial charge in [-0.15, -0.1) is 0 Å². The van der Waals surface area contributed by atoms with E-state index in [9.17, 15) is 0 Å². The summed E-state index contributed by atoms with van der Waals surface area (Å²) in [6, 6.07) is 0.762. The summed E-state index contributed by atoms with van der Waals surface area (Å²) in [5.41, 5.74) is 0. The number of rotatable bonds is 4. The van der Waals surface area contributed by atoms with E-state index < -0.39 is 0 Å². The summed E-state index contributed by atoms with van der Waals surface area (Å²) in [5, 5.41) is 7.11. The Hall–Kier alpha value is -0.0800. The van der Waals surface area contributed by atoms with Gasteiger partial charge >= 0.3 is 0 Å². The molecule has 2 fully saturated rings. The lowest BCUT2D eigenvalue weighted by molar-refractivity contribution is 0.382. The molecule has 12 heavy (non-hydrogen) atoms. The van der Waals surface area contributed by atoms with Crippen LogP contribution in [0, 0.1) is 5.92 Å². The van der Waals surface area contributed by atoms with Crippen LogP contribution in [0.4, 0.5) is 0 Å². The Labute approximate surface area is 75.1 Å². The second kappa shape index (κ2) is 4.24. The van der Waals surface area contributed by atoms with Gasteiger partial charge in [-0.2, -0.15) is 0 Å². The van der Waals surface area contributed by atoms with Crippen LogP contribution in [0.5, 0.6) is 0 Å².